The Morgan fingerprint density at radius 2 is 1.12 bits per heavy atom. The van der Waals surface area contributed by atoms with Crippen molar-refractivity contribution in [1.82, 2.24) is 0 Å². The van der Waals surface area contributed by atoms with Crippen molar-refractivity contribution in [2.75, 3.05) is 0 Å². The van der Waals surface area contributed by atoms with Crippen LogP contribution in [-0.2, 0) is 4.43 Å². The Morgan fingerprint density at radius 3 is 1.50 bits per heavy atom. The fourth-order valence-corrected chi connectivity index (χ4v) is 75.8. The second-order valence-electron chi connectivity index (χ2n) is 7.00. The van der Waals surface area contributed by atoms with E-state index < -0.39 is 33.8 Å². The molecule has 7 heteroatoms. The Labute approximate surface area is 113 Å². The maximum absolute atomic E-state index is 6.56. The molecule has 0 aromatic carbocycles. The molecule has 0 aromatic rings. The molecule has 1 aliphatic rings. The van der Waals surface area contributed by atoms with E-state index in [-0.39, 0.29) is 0 Å². The van der Waals surface area contributed by atoms with Gasteiger partial charge in [0.1, 0.15) is 7.59 Å². The third kappa shape index (κ3) is 1.70. The summed E-state index contributed by atoms with van der Waals surface area (Å²) >= 11 is 13.1. The molecule has 1 aliphatic heterocycles. The van der Waals surface area contributed by atoms with E-state index in [9.17, 15) is 0 Å². The van der Waals surface area contributed by atoms with Crippen molar-refractivity contribution >= 4 is 52.8 Å². The van der Waals surface area contributed by atoms with Gasteiger partial charge in [-0.2, -0.15) is 0 Å². The SMILES string of the molecule is C[Si]1(C)OC(Cl)(Cl)[Si](C)(C)[Si](C)(C)[Si]1(C)C. The molecule has 0 atom stereocenters. The highest BCUT2D eigenvalue weighted by molar-refractivity contribution is 7.84. The Morgan fingerprint density at radius 1 is 0.750 bits per heavy atom. The van der Waals surface area contributed by atoms with Crippen LogP contribution in [-0.4, -0.2) is 33.8 Å². The summed E-state index contributed by atoms with van der Waals surface area (Å²) in [5, 5.41) is 0. The Hall–Kier alpha value is 1.41. The number of halogens is 2. The molecule has 0 aromatic heterocycles. The molecule has 0 aliphatic carbocycles. The molecule has 16 heavy (non-hydrogen) atoms. The first-order valence-electron chi connectivity index (χ1n) is 5.79. The van der Waals surface area contributed by atoms with Crippen LogP contribution in [0.1, 0.15) is 0 Å². The highest BCUT2D eigenvalue weighted by Gasteiger charge is 2.71. The van der Waals surface area contributed by atoms with Crippen LogP contribution < -0.4 is 0 Å². The van der Waals surface area contributed by atoms with Crippen LogP contribution in [0, 0.1) is 0 Å². The lowest BCUT2D eigenvalue weighted by Gasteiger charge is -2.63. The topological polar surface area (TPSA) is 9.23 Å². The third-order valence-corrected chi connectivity index (χ3v) is 75.5. The summed E-state index contributed by atoms with van der Waals surface area (Å²) in [6.45, 7) is 19.4. The van der Waals surface area contributed by atoms with Gasteiger partial charge < -0.3 is 4.43 Å². The molecule has 0 N–H and O–H groups in total. The van der Waals surface area contributed by atoms with Crippen molar-refractivity contribution < 1.29 is 4.43 Å². The van der Waals surface area contributed by atoms with E-state index in [0.29, 0.717) is 0 Å². The van der Waals surface area contributed by atoms with Gasteiger partial charge in [-0.05, 0) is 13.1 Å². The second kappa shape index (κ2) is 3.71. The van der Waals surface area contributed by atoms with Crippen molar-refractivity contribution in [3.63, 3.8) is 0 Å². The minimum Gasteiger partial charge on any atom is -0.394 e. The van der Waals surface area contributed by atoms with Crippen LogP contribution in [0.2, 0.25) is 52.4 Å². The summed E-state index contributed by atoms with van der Waals surface area (Å²) in [5.74, 6) is 0. The number of hydrogen-bond acceptors (Lipinski definition) is 1. The van der Waals surface area contributed by atoms with E-state index in [1.54, 1.807) is 0 Å². The third-order valence-electron chi connectivity index (χ3n) is 5.74. The first-order chi connectivity index (χ1) is 6.71. The summed E-state index contributed by atoms with van der Waals surface area (Å²) in [7, 11) is -6.12. The number of alkyl halides is 2. The zero-order valence-corrected chi connectivity index (χ0v) is 17.2. The first-order valence-corrected chi connectivity index (χ1v) is 21.5. The van der Waals surface area contributed by atoms with E-state index >= 15 is 0 Å². The Kier molecular flexibility index (Phi) is 3.58. The van der Waals surface area contributed by atoms with Gasteiger partial charge in [0.05, 0.1) is 7.11 Å². The molecule has 1 rings (SSSR count). The van der Waals surface area contributed by atoms with Gasteiger partial charge in [-0.3, -0.25) is 0 Å². The van der Waals surface area contributed by atoms with Crippen LogP contribution >= 0.6 is 23.2 Å². The standard InChI is InChI=1S/C9H24Cl2OSi4/c1-13(2)9(10,11)12-14(3,4)16(7,8)15(13,5)6/h1-8H3. The van der Waals surface area contributed by atoms with Gasteiger partial charge in [0.25, 0.3) is 0 Å². The van der Waals surface area contributed by atoms with E-state index in [1.807, 2.05) is 0 Å². The molecule has 1 fully saturated rings. The summed E-state index contributed by atoms with van der Waals surface area (Å²) in [5.41, 5.74) is 0. The smallest absolute Gasteiger partial charge is 0.187 e. The van der Waals surface area contributed by atoms with Crippen molar-refractivity contribution in [2.24, 2.45) is 0 Å². The lowest BCUT2D eigenvalue weighted by molar-refractivity contribution is 0.309. The molecule has 0 amide bonds. The lowest BCUT2D eigenvalue weighted by Crippen LogP contribution is -2.89. The maximum Gasteiger partial charge on any atom is 0.187 e. The van der Waals surface area contributed by atoms with E-state index in [4.69, 9.17) is 27.6 Å². The molecule has 0 spiro atoms. The van der Waals surface area contributed by atoms with Crippen molar-refractivity contribution in [2.45, 2.75) is 56.5 Å². The molecule has 96 valence electrons. The Bertz CT molecular complexity index is 285. The van der Waals surface area contributed by atoms with E-state index in [1.165, 1.54) is 0 Å². The second-order valence-corrected chi connectivity index (χ2v) is 47.9. The van der Waals surface area contributed by atoms with Crippen LogP contribution in [0.4, 0.5) is 0 Å². The summed E-state index contributed by atoms with van der Waals surface area (Å²) in [6, 6.07) is 0. The molecule has 1 nitrogen and oxygen atoms in total. The van der Waals surface area contributed by atoms with Crippen LogP contribution in [0.25, 0.3) is 0 Å². The van der Waals surface area contributed by atoms with Gasteiger partial charge in [-0.25, -0.2) is 0 Å². The Balaban J connectivity index is 3.43. The summed E-state index contributed by atoms with van der Waals surface area (Å²) in [6.07, 6.45) is 0. The highest BCUT2D eigenvalue weighted by Crippen LogP contribution is 2.51. The molecule has 0 bridgehead atoms. The molecule has 0 radical (unpaired) electrons. The molecule has 1 heterocycles. The van der Waals surface area contributed by atoms with Gasteiger partial charge in [0.2, 0.25) is 0 Å². The van der Waals surface area contributed by atoms with E-state index in [0.717, 1.165) is 0 Å². The first kappa shape index (κ1) is 15.5. The minimum atomic E-state index is -1.73. The molecular weight excluding hydrogens is 307 g/mol. The molecule has 0 saturated carbocycles. The molecular formula is C9H24Cl2OSi4. The summed E-state index contributed by atoms with van der Waals surface area (Å²) in [4.78, 5) is 0. The molecule has 0 unspecified atom stereocenters. The average Bonchev–Trinajstić information content (AvgIpc) is 1.98. The largest absolute Gasteiger partial charge is 0.394 e. The fraction of sp³-hybridized carbons (Fsp3) is 1.00. The number of rotatable bonds is 0. The predicted molar refractivity (Wildman–Crippen MR) is 85.5 cm³/mol. The summed E-state index contributed by atoms with van der Waals surface area (Å²) < 4.78 is 5.40. The predicted octanol–water partition coefficient (Wildman–Crippen LogP) is 4.25. The van der Waals surface area contributed by atoms with Gasteiger partial charge in [0, 0.05) is 7.11 Å². The molecule has 1 saturated heterocycles. The number of hydrogen-bond donors (Lipinski definition) is 0. The van der Waals surface area contributed by atoms with Crippen molar-refractivity contribution in [1.29, 1.82) is 0 Å². The fourth-order valence-electron chi connectivity index (χ4n) is 2.47. The zero-order chi connectivity index (χ0) is 13.2. The quantitative estimate of drug-likeness (QED) is 0.476. The van der Waals surface area contributed by atoms with Gasteiger partial charge in [0.15, 0.2) is 12.0 Å². The average molecular weight is 332 g/mol. The van der Waals surface area contributed by atoms with E-state index in [2.05, 4.69) is 52.4 Å². The normalized spacial score (nSPS) is 33.4. The van der Waals surface area contributed by atoms with Gasteiger partial charge in [-0.1, -0.05) is 62.5 Å². The van der Waals surface area contributed by atoms with Crippen molar-refractivity contribution in [3.8, 4) is 0 Å². The lowest BCUT2D eigenvalue weighted by atomic mass is 11.6. The highest BCUT2D eigenvalue weighted by atomic mass is 35.5. The minimum absolute atomic E-state index is 0.860. The van der Waals surface area contributed by atoms with Gasteiger partial charge in [-0.15, -0.1) is 0 Å². The van der Waals surface area contributed by atoms with Gasteiger partial charge >= 0.3 is 0 Å². The van der Waals surface area contributed by atoms with Crippen LogP contribution in [0.15, 0.2) is 0 Å². The monoisotopic (exact) mass is 330 g/mol. The van der Waals surface area contributed by atoms with Crippen LogP contribution in [0.3, 0.4) is 0 Å². The maximum atomic E-state index is 6.56. The van der Waals surface area contributed by atoms with Crippen LogP contribution in [0.5, 0.6) is 0 Å². The van der Waals surface area contributed by atoms with Crippen molar-refractivity contribution in [3.05, 3.63) is 0 Å². The zero-order valence-electron chi connectivity index (χ0n) is 11.7.